The van der Waals surface area contributed by atoms with Crippen molar-refractivity contribution in [3.8, 4) is 0 Å². The molecule has 1 rings (SSSR count). The largest absolute Gasteiger partial charge is 0.297 e. The standard InChI is InChI=1S/C10H10OS/c1-8-3-5-10(6-4-8)12-9(2)7-11/h3-7H,2H2,1H3. The molecule has 0 radical (unpaired) electrons. The Labute approximate surface area is 76.5 Å². The summed E-state index contributed by atoms with van der Waals surface area (Å²) in [5.41, 5.74) is 1.22. The van der Waals surface area contributed by atoms with Gasteiger partial charge in [-0.3, -0.25) is 4.79 Å². The number of aldehydes is 1. The van der Waals surface area contributed by atoms with Crippen molar-refractivity contribution in [2.24, 2.45) is 0 Å². The molecular weight excluding hydrogens is 168 g/mol. The first-order valence-electron chi connectivity index (χ1n) is 3.61. The van der Waals surface area contributed by atoms with Crippen molar-refractivity contribution < 1.29 is 4.79 Å². The van der Waals surface area contributed by atoms with Crippen molar-refractivity contribution in [3.63, 3.8) is 0 Å². The van der Waals surface area contributed by atoms with Crippen LogP contribution in [-0.2, 0) is 4.79 Å². The van der Waals surface area contributed by atoms with Crippen LogP contribution in [0.5, 0.6) is 0 Å². The van der Waals surface area contributed by atoms with Crippen molar-refractivity contribution in [1.29, 1.82) is 0 Å². The molecular formula is C10H10OS. The van der Waals surface area contributed by atoms with Gasteiger partial charge in [-0.15, -0.1) is 0 Å². The summed E-state index contributed by atoms with van der Waals surface area (Å²) < 4.78 is 0. The van der Waals surface area contributed by atoms with Gasteiger partial charge >= 0.3 is 0 Å². The third-order valence-electron chi connectivity index (χ3n) is 1.40. The molecule has 0 amide bonds. The molecule has 1 aromatic rings. The van der Waals surface area contributed by atoms with Crippen LogP contribution in [0, 0.1) is 6.92 Å². The summed E-state index contributed by atoms with van der Waals surface area (Å²) in [6.07, 6.45) is 0.768. The Kier molecular flexibility index (Phi) is 3.11. The first-order chi connectivity index (χ1) is 5.72. The molecule has 0 heterocycles. The number of hydrogen-bond donors (Lipinski definition) is 0. The molecule has 12 heavy (non-hydrogen) atoms. The van der Waals surface area contributed by atoms with Gasteiger partial charge in [0.15, 0.2) is 6.29 Å². The summed E-state index contributed by atoms with van der Waals surface area (Å²) in [7, 11) is 0. The van der Waals surface area contributed by atoms with E-state index in [9.17, 15) is 4.79 Å². The third kappa shape index (κ3) is 2.55. The predicted octanol–water partition coefficient (Wildman–Crippen LogP) is 2.80. The zero-order valence-electron chi connectivity index (χ0n) is 6.91. The van der Waals surface area contributed by atoms with Gasteiger partial charge in [0.1, 0.15) is 0 Å². The summed E-state index contributed by atoms with van der Waals surface area (Å²) >= 11 is 1.39. The summed E-state index contributed by atoms with van der Waals surface area (Å²) in [6, 6.07) is 7.99. The summed E-state index contributed by atoms with van der Waals surface area (Å²) in [5.74, 6) is 0. The zero-order valence-corrected chi connectivity index (χ0v) is 7.73. The monoisotopic (exact) mass is 178 g/mol. The fourth-order valence-electron chi connectivity index (χ4n) is 0.782. The van der Waals surface area contributed by atoms with Crippen molar-refractivity contribution in [2.75, 3.05) is 0 Å². The molecule has 0 aliphatic carbocycles. The van der Waals surface area contributed by atoms with E-state index in [1.165, 1.54) is 17.3 Å². The normalized spacial score (nSPS) is 9.42. The van der Waals surface area contributed by atoms with E-state index in [-0.39, 0.29) is 0 Å². The van der Waals surface area contributed by atoms with Crippen LogP contribution in [-0.4, -0.2) is 6.29 Å². The highest BCUT2D eigenvalue weighted by Crippen LogP contribution is 2.23. The first kappa shape index (κ1) is 9.07. The lowest BCUT2D eigenvalue weighted by Gasteiger charge is -1.98. The van der Waals surface area contributed by atoms with Gasteiger partial charge in [0.2, 0.25) is 0 Å². The molecule has 62 valence electrons. The molecule has 0 aliphatic rings. The zero-order chi connectivity index (χ0) is 8.97. The maximum absolute atomic E-state index is 10.3. The Bertz CT molecular complexity index is 287. The van der Waals surface area contributed by atoms with Crippen molar-refractivity contribution >= 4 is 18.0 Å². The van der Waals surface area contributed by atoms with Crippen LogP contribution in [0.4, 0.5) is 0 Å². The topological polar surface area (TPSA) is 17.1 Å². The maximum atomic E-state index is 10.3. The molecule has 2 heteroatoms. The van der Waals surface area contributed by atoms with E-state index in [0.717, 1.165) is 11.2 Å². The molecule has 0 bridgehead atoms. The van der Waals surface area contributed by atoms with Gasteiger partial charge in [-0.25, -0.2) is 0 Å². The second-order valence-electron chi connectivity index (χ2n) is 2.50. The molecule has 0 spiro atoms. The Morgan fingerprint density at radius 3 is 2.50 bits per heavy atom. The van der Waals surface area contributed by atoms with Crippen molar-refractivity contribution in [3.05, 3.63) is 41.3 Å². The highest BCUT2D eigenvalue weighted by molar-refractivity contribution is 8.03. The van der Waals surface area contributed by atoms with Crippen molar-refractivity contribution in [2.45, 2.75) is 11.8 Å². The molecule has 0 N–H and O–H groups in total. The van der Waals surface area contributed by atoms with Gasteiger partial charge in [-0.1, -0.05) is 36.0 Å². The number of allylic oxidation sites excluding steroid dienone is 1. The Morgan fingerprint density at radius 1 is 1.42 bits per heavy atom. The number of benzene rings is 1. The molecule has 0 saturated heterocycles. The van der Waals surface area contributed by atoms with Gasteiger partial charge in [0.25, 0.3) is 0 Å². The number of thioether (sulfide) groups is 1. The lowest BCUT2D eigenvalue weighted by molar-refractivity contribution is -0.104. The molecule has 0 aliphatic heterocycles. The van der Waals surface area contributed by atoms with Crippen molar-refractivity contribution in [1.82, 2.24) is 0 Å². The SMILES string of the molecule is C=C(C=O)Sc1ccc(C)cc1. The van der Waals surface area contributed by atoms with E-state index in [4.69, 9.17) is 0 Å². The first-order valence-corrected chi connectivity index (χ1v) is 4.42. The van der Waals surface area contributed by atoms with Gasteiger partial charge in [0, 0.05) is 9.80 Å². The van der Waals surface area contributed by atoms with E-state index >= 15 is 0 Å². The minimum Gasteiger partial charge on any atom is -0.297 e. The Balaban J connectivity index is 2.71. The quantitative estimate of drug-likeness (QED) is 0.402. The average Bonchev–Trinajstić information content (AvgIpc) is 2.09. The maximum Gasteiger partial charge on any atom is 0.156 e. The molecule has 0 unspecified atom stereocenters. The molecule has 1 aromatic carbocycles. The minimum absolute atomic E-state index is 0.541. The predicted molar refractivity (Wildman–Crippen MR) is 52.2 cm³/mol. The third-order valence-corrected chi connectivity index (χ3v) is 2.27. The van der Waals surface area contributed by atoms with Crippen LogP contribution in [0.1, 0.15) is 5.56 Å². The van der Waals surface area contributed by atoms with Crippen LogP contribution < -0.4 is 0 Å². The Hall–Kier alpha value is -1.02. The fourth-order valence-corrected chi connectivity index (χ4v) is 1.40. The number of hydrogen-bond acceptors (Lipinski definition) is 2. The molecule has 1 nitrogen and oxygen atoms in total. The molecule has 0 saturated carbocycles. The van der Waals surface area contributed by atoms with Crippen LogP contribution in [0.15, 0.2) is 40.6 Å². The van der Waals surface area contributed by atoms with Gasteiger partial charge in [0.05, 0.1) is 0 Å². The summed E-state index contributed by atoms with van der Waals surface area (Å²) in [4.78, 5) is 11.8. The van der Waals surface area contributed by atoms with Gasteiger partial charge in [-0.05, 0) is 19.1 Å². The van der Waals surface area contributed by atoms with Crippen LogP contribution in [0.2, 0.25) is 0 Å². The fraction of sp³-hybridized carbons (Fsp3) is 0.100. The smallest absolute Gasteiger partial charge is 0.156 e. The summed E-state index contributed by atoms with van der Waals surface area (Å²) in [6.45, 7) is 5.62. The molecule has 0 atom stereocenters. The van der Waals surface area contributed by atoms with Crippen LogP contribution >= 0.6 is 11.8 Å². The van der Waals surface area contributed by atoms with Gasteiger partial charge < -0.3 is 0 Å². The van der Waals surface area contributed by atoms with E-state index in [0.29, 0.717) is 4.91 Å². The van der Waals surface area contributed by atoms with E-state index in [1.807, 2.05) is 31.2 Å². The van der Waals surface area contributed by atoms with E-state index in [1.54, 1.807) is 0 Å². The van der Waals surface area contributed by atoms with Gasteiger partial charge in [-0.2, -0.15) is 0 Å². The molecule has 0 aromatic heterocycles. The highest BCUT2D eigenvalue weighted by Gasteiger charge is 1.95. The van der Waals surface area contributed by atoms with Crippen LogP contribution in [0.3, 0.4) is 0 Å². The second-order valence-corrected chi connectivity index (χ2v) is 3.70. The lowest BCUT2D eigenvalue weighted by atomic mass is 10.2. The minimum atomic E-state index is 0.541. The second kappa shape index (κ2) is 4.12. The number of aryl methyl sites for hydroxylation is 1. The van der Waals surface area contributed by atoms with E-state index in [2.05, 4.69) is 6.58 Å². The number of carbonyl (C=O) groups excluding carboxylic acids is 1. The summed E-state index contributed by atoms with van der Waals surface area (Å²) in [5, 5.41) is 0. The van der Waals surface area contributed by atoms with Crippen LogP contribution in [0.25, 0.3) is 0 Å². The Morgan fingerprint density at radius 2 is 2.00 bits per heavy atom. The highest BCUT2D eigenvalue weighted by atomic mass is 32.2. The lowest BCUT2D eigenvalue weighted by Crippen LogP contribution is -1.76. The molecule has 0 fully saturated rings. The number of rotatable bonds is 3. The number of carbonyl (C=O) groups is 1. The average molecular weight is 178 g/mol. The van der Waals surface area contributed by atoms with E-state index < -0.39 is 0 Å².